The van der Waals surface area contributed by atoms with E-state index in [4.69, 9.17) is 18.9 Å². The van der Waals surface area contributed by atoms with Crippen LogP contribution in [0.15, 0.2) is 0 Å². The molecule has 0 aromatic rings. The lowest BCUT2D eigenvalue weighted by atomic mass is 10.2. The van der Waals surface area contributed by atoms with E-state index >= 15 is 0 Å². The Bertz CT molecular complexity index is 245. The molecule has 0 atom stereocenters. The second kappa shape index (κ2) is 11.9. The summed E-state index contributed by atoms with van der Waals surface area (Å²) in [7, 11) is 0. The quantitative estimate of drug-likeness (QED) is 0.586. The highest BCUT2D eigenvalue weighted by atomic mass is 19.1. The number of ether oxygens (including phenoxy) is 4. The molecular formula is C13H26FNO5. The zero-order valence-electron chi connectivity index (χ0n) is 12.6. The van der Waals surface area contributed by atoms with E-state index in [9.17, 15) is 9.18 Å². The van der Waals surface area contributed by atoms with Crippen LogP contribution in [0.5, 0.6) is 0 Å². The van der Waals surface area contributed by atoms with Crippen molar-refractivity contribution in [2.75, 3.05) is 52.9 Å². The highest BCUT2D eigenvalue weighted by Gasteiger charge is 2.15. The summed E-state index contributed by atoms with van der Waals surface area (Å²) < 4.78 is 32.1. The molecule has 0 unspecified atom stereocenters. The molecule has 6 nitrogen and oxygen atoms in total. The minimum Gasteiger partial charge on any atom is -0.444 e. The first kappa shape index (κ1) is 19.1. The highest BCUT2D eigenvalue weighted by molar-refractivity contribution is 5.67. The van der Waals surface area contributed by atoms with Crippen LogP contribution in [-0.4, -0.2) is 64.6 Å². The molecule has 0 fully saturated rings. The third-order valence-electron chi connectivity index (χ3n) is 1.88. The van der Waals surface area contributed by atoms with Gasteiger partial charge >= 0.3 is 6.09 Å². The molecule has 0 radical (unpaired) electrons. The van der Waals surface area contributed by atoms with Crippen molar-refractivity contribution in [1.29, 1.82) is 0 Å². The lowest BCUT2D eigenvalue weighted by Crippen LogP contribution is -2.34. The van der Waals surface area contributed by atoms with Gasteiger partial charge in [-0.2, -0.15) is 0 Å². The van der Waals surface area contributed by atoms with Crippen molar-refractivity contribution in [3.63, 3.8) is 0 Å². The summed E-state index contributed by atoms with van der Waals surface area (Å²) in [4.78, 5) is 11.3. The largest absolute Gasteiger partial charge is 0.444 e. The molecule has 0 bridgehead atoms. The predicted molar refractivity (Wildman–Crippen MR) is 72.7 cm³/mol. The monoisotopic (exact) mass is 295 g/mol. The number of rotatable bonds is 11. The number of hydrogen-bond acceptors (Lipinski definition) is 5. The first-order chi connectivity index (χ1) is 9.45. The van der Waals surface area contributed by atoms with E-state index < -0.39 is 18.4 Å². The normalized spacial score (nSPS) is 11.4. The molecule has 0 rings (SSSR count). The van der Waals surface area contributed by atoms with Gasteiger partial charge in [0, 0.05) is 6.54 Å². The van der Waals surface area contributed by atoms with Gasteiger partial charge in [0.1, 0.15) is 12.3 Å². The number of amides is 1. The van der Waals surface area contributed by atoms with Crippen molar-refractivity contribution in [3.05, 3.63) is 0 Å². The smallest absolute Gasteiger partial charge is 0.407 e. The van der Waals surface area contributed by atoms with Crippen LogP contribution in [0.25, 0.3) is 0 Å². The Balaban J connectivity index is 3.19. The van der Waals surface area contributed by atoms with Gasteiger partial charge in [-0.25, -0.2) is 9.18 Å². The SMILES string of the molecule is CC(C)(C)OC(=O)NCCOCCOCCOCCF. The fourth-order valence-corrected chi connectivity index (χ4v) is 1.14. The number of alkyl halides is 1. The Hall–Kier alpha value is -0.920. The molecule has 7 heteroatoms. The topological polar surface area (TPSA) is 66.0 Å². The van der Waals surface area contributed by atoms with E-state index in [2.05, 4.69) is 5.32 Å². The standard InChI is InChI=1S/C13H26FNO5/c1-13(2,3)20-12(16)15-5-7-18-9-11-19-10-8-17-6-4-14/h4-11H2,1-3H3,(H,15,16). The zero-order valence-corrected chi connectivity index (χ0v) is 12.6. The van der Waals surface area contributed by atoms with Crippen LogP contribution < -0.4 is 5.32 Å². The highest BCUT2D eigenvalue weighted by Crippen LogP contribution is 2.05. The van der Waals surface area contributed by atoms with Gasteiger partial charge < -0.3 is 24.3 Å². The van der Waals surface area contributed by atoms with Gasteiger partial charge in [-0.15, -0.1) is 0 Å². The predicted octanol–water partition coefficient (Wildman–Crippen LogP) is 1.53. The van der Waals surface area contributed by atoms with Crippen LogP contribution in [-0.2, 0) is 18.9 Å². The number of halogens is 1. The molecule has 0 spiro atoms. The Morgan fingerprint density at radius 2 is 1.45 bits per heavy atom. The van der Waals surface area contributed by atoms with Crippen molar-refractivity contribution in [3.8, 4) is 0 Å². The Morgan fingerprint density at radius 1 is 0.950 bits per heavy atom. The van der Waals surface area contributed by atoms with E-state index in [0.717, 1.165) is 0 Å². The van der Waals surface area contributed by atoms with E-state index in [1.165, 1.54) is 0 Å². The van der Waals surface area contributed by atoms with Crippen molar-refractivity contribution >= 4 is 6.09 Å². The van der Waals surface area contributed by atoms with Gasteiger partial charge in [0.2, 0.25) is 0 Å². The van der Waals surface area contributed by atoms with Crippen LogP contribution in [0, 0.1) is 0 Å². The van der Waals surface area contributed by atoms with Gasteiger partial charge in [0.15, 0.2) is 0 Å². The molecule has 0 saturated carbocycles. The summed E-state index contributed by atoms with van der Waals surface area (Å²) in [5.74, 6) is 0. The number of nitrogens with one attached hydrogen (secondary N) is 1. The molecule has 1 N–H and O–H groups in total. The molecular weight excluding hydrogens is 269 g/mol. The average Bonchev–Trinajstić information content (AvgIpc) is 2.34. The molecule has 20 heavy (non-hydrogen) atoms. The second-order valence-electron chi connectivity index (χ2n) is 4.95. The molecule has 120 valence electrons. The minimum atomic E-state index is -0.497. The third kappa shape index (κ3) is 15.1. The first-order valence-electron chi connectivity index (χ1n) is 6.72. The minimum absolute atomic E-state index is 0.107. The van der Waals surface area contributed by atoms with Crippen LogP contribution in [0.2, 0.25) is 0 Å². The van der Waals surface area contributed by atoms with Gasteiger partial charge in [0.05, 0.1) is 39.6 Å². The van der Waals surface area contributed by atoms with Gasteiger partial charge in [-0.3, -0.25) is 0 Å². The zero-order chi connectivity index (χ0) is 15.3. The molecule has 0 heterocycles. The summed E-state index contributed by atoms with van der Waals surface area (Å²) in [5, 5.41) is 2.58. The molecule has 0 aromatic heterocycles. The average molecular weight is 295 g/mol. The van der Waals surface area contributed by atoms with Crippen molar-refractivity contribution < 1.29 is 28.1 Å². The Morgan fingerprint density at radius 3 is 1.95 bits per heavy atom. The van der Waals surface area contributed by atoms with Crippen LogP contribution in [0.1, 0.15) is 20.8 Å². The summed E-state index contributed by atoms with van der Waals surface area (Å²) in [6.07, 6.45) is -0.456. The molecule has 0 aliphatic heterocycles. The molecule has 0 saturated heterocycles. The Labute approximate surface area is 119 Å². The molecule has 0 aliphatic rings. The third-order valence-corrected chi connectivity index (χ3v) is 1.88. The van der Waals surface area contributed by atoms with E-state index in [1.54, 1.807) is 20.8 Å². The maximum atomic E-state index is 11.7. The van der Waals surface area contributed by atoms with Crippen molar-refractivity contribution in [2.24, 2.45) is 0 Å². The molecule has 0 aromatic carbocycles. The fourth-order valence-electron chi connectivity index (χ4n) is 1.14. The maximum absolute atomic E-state index is 11.7. The molecule has 0 aliphatic carbocycles. The lowest BCUT2D eigenvalue weighted by molar-refractivity contribution is 0.0119. The van der Waals surface area contributed by atoms with Crippen LogP contribution in [0.3, 0.4) is 0 Å². The van der Waals surface area contributed by atoms with Gasteiger partial charge in [-0.1, -0.05) is 0 Å². The number of alkyl carbamates (subject to hydrolysis) is 1. The number of hydrogen-bond donors (Lipinski definition) is 1. The fraction of sp³-hybridized carbons (Fsp3) is 0.923. The van der Waals surface area contributed by atoms with Crippen LogP contribution >= 0.6 is 0 Å². The van der Waals surface area contributed by atoms with E-state index in [1.807, 2.05) is 0 Å². The molecule has 1 amide bonds. The van der Waals surface area contributed by atoms with Crippen molar-refractivity contribution in [1.82, 2.24) is 5.32 Å². The number of carbonyl (C=O) groups is 1. The summed E-state index contributed by atoms with van der Waals surface area (Å²) >= 11 is 0. The Kier molecular flexibility index (Phi) is 11.3. The van der Waals surface area contributed by atoms with E-state index in [0.29, 0.717) is 39.6 Å². The summed E-state index contributed by atoms with van der Waals surface area (Å²) in [6.45, 7) is 7.47. The summed E-state index contributed by atoms with van der Waals surface area (Å²) in [6, 6.07) is 0. The lowest BCUT2D eigenvalue weighted by Gasteiger charge is -2.19. The number of carbonyl (C=O) groups excluding carboxylic acids is 1. The van der Waals surface area contributed by atoms with Crippen LogP contribution in [0.4, 0.5) is 9.18 Å². The maximum Gasteiger partial charge on any atom is 0.407 e. The van der Waals surface area contributed by atoms with Crippen molar-refractivity contribution in [2.45, 2.75) is 26.4 Å². The summed E-state index contributed by atoms with van der Waals surface area (Å²) in [5.41, 5.74) is -0.497. The van der Waals surface area contributed by atoms with Gasteiger partial charge in [-0.05, 0) is 20.8 Å². The second-order valence-corrected chi connectivity index (χ2v) is 4.95. The van der Waals surface area contributed by atoms with E-state index in [-0.39, 0.29) is 6.61 Å². The van der Waals surface area contributed by atoms with Gasteiger partial charge in [0.25, 0.3) is 0 Å². The first-order valence-corrected chi connectivity index (χ1v) is 6.72.